The number of nitrogens with zero attached hydrogens (tertiary/aromatic N) is 2. The van der Waals surface area contributed by atoms with E-state index in [9.17, 15) is 4.79 Å². The summed E-state index contributed by atoms with van der Waals surface area (Å²) in [4.78, 5) is 20.2. The van der Waals surface area contributed by atoms with Crippen molar-refractivity contribution in [2.24, 2.45) is 11.3 Å². The normalized spacial score (nSPS) is 15.0. The highest BCUT2D eigenvalue weighted by Crippen LogP contribution is 2.37. The molecule has 0 radical (unpaired) electrons. The van der Waals surface area contributed by atoms with Crippen LogP contribution in [-0.4, -0.2) is 35.5 Å². The number of hydrogen-bond acceptors (Lipinski definition) is 4. The summed E-state index contributed by atoms with van der Waals surface area (Å²) in [5.41, 5.74) is 3.82. The van der Waals surface area contributed by atoms with Crippen LogP contribution in [-0.2, 0) is 0 Å². The number of thiophene rings is 1. The number of hydrogen-bond donors (Lipinski definition) is 0. The first-order valence-corrected chi connectivity index (χ1v) is 12.7. The van der Waals surface area contributed by atoms with Crippen molar-refractivity contribution < 1.29 is 9.53 Å². The smallest absolute Gasteiger partial charge is 0.253 e. The lowest BCUT2D eigenvalue weighted by atomic mass is 9.98. The quantitative estimate of drug-likeness (QED) is 0.379. The summed E-state index contributed by atoms with van der Waals surface area (Å²) in [5, 5.41) is 2.71. The SMILES string of the molecule is CC1CCN(C(=O)c2ccc(-c3cc(-c4ccnc(OCC(C)(C)C)c4)cs3)c(Cl)c2)CC1. The van der Waals surface area contributed by atoms with Crippen LogP contribution in [0.4, 0.5) is 0 Å². The molecule has 0 saturated carbocycles. The number of pyridine rings is 1. The minimum Gasteiger partial charge on any atom is -0.477 e. The summed E-state index contributed by atoms with van der Waals surface area (Å²) in [6.45, 7) is 10.9. The molecule has 1 saturated heterocycles. The zero-order valence-electron chi connectivity index (χ0n) is 19.7. The molecule has 3 aromatic rings. The van der Waals surface area contributed by atoms with Crippen LogP contribution in [0.3, 0.4) is 0 Å². The molecule has 3 heterocycles. The molecule has 6 heteroatoms. The summed E-state index contributed by atoms with van der Waals surface area (Å²) < 4.78 is 5.87. The Balaban J connectivity index is 1.50. The largest absolute Gasteiger partial charge is 0.477 e. The van der Waals surface area contributed by atoms with Gasteiger partial charge in [0, 0.05) is 41.4 Å². The number of benzene rings is 1. The van der Waals surface area contributed by atoms with E-state index < -0.39 is 0 Å². The van der Waals surface area contributed by atoms with Gasteiger partial charge in [0.1, 0.15) is 0 Å². The van der Waals surface area contributed by atoms with Crippen LogP contribution in [0.2, 0.25) is 5.02 Å². The van der Waals surface area contributed by atoms with Gasteiger partial charge in [-0.2, -0.15) is 0 Å². The minimum atomic E-state index is 0.0711. The van der Waals surface area contributed by atoms with Crippen molar-refractivity contribution in [3.8, 4) is 27.4 Å². The Bertz CT molecular complexity index is 1130. The molecule has 0 bridgehead atoms. The molecule has 4 rings (SSSR count). The summed E-state index contributed by atoms with van der Waals surface area (Å²) in [6, 6.07) is 11.7. The molecule has 0 unspecified atom stereocenters. The first-order chi connectivity index (χ1) is 15.7. The third kappa shape index (κ3) is 5.96. The van der Waals surface area contributed by atoms with Crippen molar-refractivity contribution in [2.75, 3.05) is 19.7 Å². The average Bonchev–Trinajstić information content (AvgIpc) is 3.27. The van der Waals surface area contributed by atoms with Gasteiger partial charge < -0.3 is 9.64 Å². The van der Waals surface area contributed by atoms with E-state index in [1.807, 2.05) is 35.2 Å². The second-order valence-corrected chi connectivity index (χ2v) is 11.4. The molecule has 1 aliphatic rings. The van der Waals surface area contributed by atoms with Gasteiger partial charge in [0.05, 0.1) is 11.6 Å². The van der Waals surface area contributed by atoms with Crippen LogP contribution in [0.1, 0.15) is 50.9 Å². The van der Waals surface area contributed by atoms with Gasteiger partial charge >= 0.3 is 0 Å². The third-order valence-electron chi connectivity index (χ3n) is 5.87. The van der Waals surface area contributed by atoms with E-state index in [4.69, 9.17) is 16.3 Å². The summed E-state index contributed by atoms with van der Waals surface area (Å²) in [7, 11) is 0. The Kier molecular flexibility index (Phi) is 7.10. The lowest BCUT2D eigenvalue weighted by Gasteiger charge is -2.30. The van der Waals surface area contributed by atoms with Gasteiger partial charge in [-0.15, -0.1) is 11.3 Å². The highest BCUT2D eigenvalue weighted by Gasteiger charge is 2.22. The summed E-state index contributed by atoms with van der Waals surface area (Å²) in [5.74, 6) is 1.39. The van der Waals surface area contributed by atoms with Crippen molar-refractivity contribution in [1.82, 2.24) is 9.88 Å². The zero-order chi connectivity index (χ0) is 23.6. The van der Waals surface area contributed by atoms with E-state index >= 15 is 0 Å². The second kappa shape index (κ2) is 9.86. The lowest BCUT2D eigenvalue weighted by molar-refractivity contribution is 0.0697. The van der Waals surface area contributed by atoms with Crippen LogP contribution < -0.4 is 4.74 Å². The molecular formula is C27H31ClN2O2S. The molecule has 0 spiro atoms. The standard InChI is InChI=1S/C27H31ClN2O2S/c1-18-8-11-30(12-9-18)26(31)20-5-6-22(23(28)13-20)24-14-21(16-33-24)19-7-10-29-25(15-19)32-17-27(2,3)4/h5-7,10,13-16,18H,8-9,11-12,17H2,1-4H3. The maximum Gasteiger partial charge on any atom is 0.253 e. The number of amides is 1. The van der Waals surface area contributed by atoms with Crippen LogP contribution >= 0.6 is 22.9 Å². The molecule has 1 amide bonds. The maximum absolute atomic E-state index is 12.9. The van der Waals surface area contributed by atoms with Gasteiger partial charge in [-0.1, -0.05) is 45.4 Å². The fourth-order valence-electron chi connectivity index (χ4n) is 3.83. The Morgan fingerprint density at radius 3 is 2.61 bits per heavy atom. The van der Waals surface area contributed by atoms with Crippen molar-refractivity contribution in [2.45, 2.75) is 40.5 Å². The van der Waals surface area contributed by atoms with E-state index in [2.05, 4.69) is 44.1 Å². The number of likely N-dealkylation sites (tertiary alicyclic amines) is 1. The number of ether oxygens (including phenoxy) is 1. The van der Waals surface area contributed by atoms with E-state index in [0.717, 1.165) is 47.5 Å². The number of carbonyl (C=O) groups excluding carboxylic acids is 1. The molecule has 1 aliphatic heterocycles. The predicted octanol–water partition coefficient (Wildman–Crippen LogP) is 7.43. The van der Waals surface area contributed by atoms with Crippen LogP contribution in [0.15, 0.2) is 48.0 Å². The van der Waals surface area contributed by atoms with E-state index in [0.29, 0.717) is 29.0 Å². The topological polar surface area (TPSA) is 42.4 Å². The zero-order valence-corrected chi connectivity index (χ0v) is 21.3. The molecule has 1 aromatic carbocycles. The molecule has 0 aliphatic carbocycles. The molecule has 0 N–H and O–H groups in total. The highest BCUT2D eigenvalue weighted by molar-refractivity contribution is 7.14. The molecule has 174 valence electrons. The fraction of sp³-hybridized carbons (Fsp3) is 0.407. The van der Waals surface area contributed by atoms with Gasteiger partial charge in [-0.3, -0.25) is 4.79 Å². The molecule has 33 heavy (non-hydrogen) atoms. The van der Waals surface area contributed by atoms with Gasteiger partial charge in [-0.25, -0.2) is 4.98 Å². The van der Waals surface area contributed by atoms with Gasteiger partial charge in [-0.05, 0) is 64.9 Å². The van der Waals surface area contributed by atoms with E-state index in [1.165, 1.54) is 0 Å². The molecule has 1 fully saturated rings. The van der Waals surface area contributed by atoms with Gasteiger partial charge in [0.2, 0.25) is 5.88 Å². The van der Waals surface area contributed by atoms with Crippen molar-refractivity contribution in [3.05, 3.63) is 58.6 Å². The monoisotopic (exact) mass is 482 g/mol. The van der Waals surface area contributed by atoms with Gasteiger partial charge in [0.25, 0.3) is 5.91 Å². The highest BCUT2D eigenvalue weighted by atomic mass is 35.5. The van der Waals surface area contributed by atoms with Crippen LogP contribution in [0, 0.1) is 11.3 Å². The van der Waals surface area contributed by atoms with Crippen molar-refractivity contribution >= 4 is 28.8 Å². The van der Waals surface area contributed by atoms with Crippen molar-refractivity contribution in [3.63, 3.8) is 0 Å². The Morgan fingerprint density at radius 2 is 1.91 bits per heavy atom. The van der Waals surface area contributed by atoms with Crippen molar-refractivity contribution in [1.29, 1.82) is 0 Å². The van der Waals surface area contributed by atoms with E-state index in [-0.39, 0.29) is 11.3 Å². The number of piperidine rings is 1. The summed E-state index contributed by atoms with van der Waals surface area (Å²) >= 11 is 8.28. The average molecular weight is 483 g/mol. The number of halogens is 1. The molecular weight excluding hydrogens is 452 g/mol. The minimum absolute atomic E-state index is 0.0711. The summed E-state index contributed by atoms with van der Waals surface area (Å²) in [6.07, 6.45) is 3.90. The maximum atomic E-state index is 12.9. The Labute approximate surface area is 205 Å². The number of aromatic nitrogens is 1. The number of rotatable bonds is 5. The van der Waals surface area contributed by atoms with E-state index in [1.54, 1.807) is 17.5 Å². The first kappa shape index (κ1) is 23.8. The Morgan fingerprint density at radius 1 is 1.15 bits per heavy atom. The molecule has 0 atom stereocenters. The van der Waals surface area contributed by atoms with Crippen LogP contribution in [0.25, 0.3) is 21.6 Å². The first-order valence-electron chi connectivity index (χ1n) is 11.5. The molecule has 2 aromatic heterocycles. The number of carbonyl (C=O) groups is 1. The second-order valence-electron chi connectivity index (χ2n) is 10.1. The van der Waals surface area contributed by atoms with Gasteiger partial charge in [0.15, 0.2) is 0 Å². The lowest BCUT2D eigenvalue weighted by Crippen LogP contribution is -2.37. The van der Waals surface area contributed by atoms with Crippen LogP contribution in [0.5, 0.6) is 5.88 Å². The fourth-order valence-corrected chi connectivity index (χ4v) is 5.13. The third-order valence-corrected chi connectivity index (χ3v) is 7.15. The predicted molar refractivity (Wildman–Crippen MR) is 137 cm³/mol. The Hall–Kier alpha value is -2.37. The molecule has 4 nitrogen and oxygen atoms in total.